The Morgan fingerprint density at radius 2 is 0.581 bits per heavy atom. The van der Waals surface area contributed by atoms with Crippen molar-refractivity contribution in [1.29, 1.82) is 0 Å². The molecule has 4 radical (unpaired) electrons. The Hall–Kier alpha value is -11.9. The summed E-state index contributed by atoms with van der Waals surface area (Å²) in [6, 6.07) is 146. The van der Waals surface area contributed by atoms with Crippen molar-refractivity contribution in [2.45, 2.75) is 99.3 Å². The minimum absolute atomic E-state index is 0. The van der Waals surface area contributed by atoms with Crippen LogP contribution >= 0.6 is 0 Å². The van der Waals surface area contributed by atoms with Crippen LogP contribution in [-0.4, -0.2) is 78.1 Å². The number of carbonyl (C=O) groups excluding carboxylic acids is 1. The van der Waals surface area contributed by atoms with Gasteiger partial charge in [0.05, 0.1) is 38.1 Å². The molecule has 0 atom stereocenters. The van der Waals surface area contributed by atoms with Gasteiger partial charge in [-0.15, -0.1) is 244 Å². The molecule has 0 bridgehead atoms. The van der Waals surface area contributed by atoms with Gasteiger partial charge in [0.25, 0.3) is 0 Å². The average molecular weight is 2560 g/mol. The topological polar surface area (TPSA) is 128 Å². The van der Waals surface area contributed by atoms with Crippen molar-refractivity contribution in [3.63, 3.8) is 0 Å². The number of rotatable bonds is 16. The molecule has 0 aliphatic carbocycles. The van der Waals surface area contributed by atoms with Gasteiger partial charge >= 0.3 is 0 Å². The summed E-state index contributed by atoms with van der Waals surface area (Å²) in [5.74, 6) is -0.0625. The normalized spacial score (nSPS) is 10.6. The number of aliphatic hydroxyl groups is 1. The summed E-state index contributed by atoms with van der Waals surface area (Å²) in [5.41, 5.74) is 25.2. The molecule has 0 unspecified atom stereocenters. The van der Waals surface area contributed by atoms with E-state index in [1.807, 2.05) is 195 Å². The minimum Gasteiger partial charge on any atom is -0.512 e. The summed E-state index contributed by atoms with van der Waals surface area (Å²) in [5, 5.41) is 14.0. The molecule has 11 aromatic carbocycles. The number of nitrogens with zero attached hydrogens (tertiary/aromatic N) is 7. The van der Waals surface area contributed by atoms with E-state index in [1.54, 1.807) is 18.6 Å². The Labute approximate surface area is 865 Å². The van der Waals surface area contributed by atoms with E-state index in [9.17, 15) is 4.79 Å². The predicted octanol–water partition coefficient (Wildman–Crippen LogP) is 28.0. The molecule has 0 fully saturated rings. The minimum atomic E-state index is -1.37. The molecule has 1 N–H and O–H groups in total. The molecule has 7 heterocycles. The van der Waals surface area contributed by atoms with Crippen LogP contribution in [-0.2, 0) is 85.2 Å². The van der Waals surface area contributed by atoms with Crippen molar-refractivity contribution in [1.82, 2.24) is 34.9 Å². The van der Waals surface area contributed by atoms with E-state index >= 15 is 0 Å². The first-order chi connectivity index (χ1) is 63.6. The zero-order valence-electron chi connectivity index (χ0n) is 79.6. The molecular weight excluding hydrogens is 2440 g/mol. The van der Waals surface area contributed by atoms with Gasteiger partial charge < -0.3 is 40.0 Å². The second-order valence-corrected chi connectivity index (χ2v) is 55.8. The number of hydrogen-bond donors (Lipinski definition) is 1. The number of aliphatic hydroxyl groups excluding tert-OH is 1. The molecule has 0 saturated carbocycles. The number of ketones is 1. The van der Waals surface area contributed by atoms with E-state index in [4.69, 9.17) is 5.11 Å². The zero-order chi connectivity index (χ0) is 93.7. The Bertz CT molecular complexity index is 5930. The van der Waals surface area contributed by atoms with Crippen molar-refractivity contribution in [3.05, 3.63) is 467 Å². The molecule has 0 amide bonds. The first-order valence-corrected chi connectivity index (χ1v) is 58.3. The molecule has 136 heavy (non-hydrogen) atoms. The van der Waals surface area contributed by atoms with Crippen molar-refractivity contribution >= 4 is 58.8 Å². The van der Waals surface area contributed by atoms with Crippen LogP contribution in [0.5, 0.6) is 0 Å². The summed E-state index contributed by atoms with van der Waals surface area (Å²) in [6.07, 6.45) is 14.5. The van der Waals surface area contributed by atoms with Gasteiger partial charge in [-0.3, -0.25) is 4.79 Å². The molecule has 9 nitrogen and oxygen atoms in total. The number of pyridine rings is 7. The van der Waals surface area contributed by atoms with E-state index in [1.165, 1.54) is 90.7 Å². The van der Waals surface area contributed by atoms with Crippen molar-refractivity contribution in [2.75, 3.05) is 0 Å². The number of allylic oxidation sites excluding steroid dienone is 2. The van der Waals surface area contributed by atoms with Crippen molar-refractivity contribution < 1.29 is 90.3 Å². The van der Waals surface area contributed by atoms with Gasteiger partial charge in [-0.2, -0.15) is 0 Å². The van der Waals surface area contributed by atoms with Crippen LogP contribution in [0.4, 0.5) is 0 Å². The third-order valence-corrected chi connectivity index (χ3v) is 29.0. The largest absolute Gasteiger partial charge is 0.512 e. The number of benzene rings is 11. The smallest absolute Gasteiger partial charge is 0.155 e. The van der Waals surface area contributed by atoms with Gasteiger partial charge in [0, 0.05) is 130 Å². The molecule has 0 spiro atoms. The first-order valence-electron chi connectivity index (χ1n) is 44.3. The number of aromatic nitrogens is 7. The van der Waals surface area contributed by atoms with Gasteiger partial charge in [-0.1, -0.05) is 295 Å². The third-order valence-electron chi connectivity index (χ3n) is 20.9. The second kappa shape index (κ2) is 56.0. The molecule has 18 rings (SSSR count). The van der Waals surface area contributed by atoms with Crippen LogP contribution in [0, 0.1) is 49.4 Å². The molecule has 0 saturated heterocycles. The fourth-order valence-corrected chi connectivity index (χ4v) is 18.3. The van der Waals surface area contributed by atoms with Gasteiger partial charge in [0.1, 0.15) is 0 Å². The quantitative estimate of drug-likeness (QED) is 0.0435. The summed E-state index contributed by atoms with van der Waals surface area (Å²) in [7, 11) is -5.25. The van der Waals surface area contributed by atoms with Crippen LogP contribution in [0.3, 0.4) is 0 Å². The molecule has 0 aliphatic heterocycles. The Balaban J connectivity index is 0.000000215. The van der Waals surface area contributed by atoms with Crippen LogP contribution in [0.15, 0.2) is 419 Å². The van der Waals surface area contributed by atoms with Crippen molar-refractivity contribution in [2.24, 2.45) is 0 Å². The van der Waals surface area contributed by atoms with Crippen LogP contribution < -0.4 is 20.7 Å². The van der Waals surface area contributed by atoms with Crippen molar-refractivity contribution in [3.8, 4) is 123 Å². The Kier molecular flexibility index (Phi) is 45.8. The first kappa shape index (κ1) is 111. The average Bonchev–Trinajstić information content (AvgIpc) is 0.816. The van der Waals surface area contributed by atoms with E-state index in [0.717, 1.165) is 78.8 Å². The maximum Gasteiger partial charge on any atom is 0.155 e. The standard InChI is InChI=1S/C21H22NSi.3C20H20NSi.3C11H8N.C5H8O2.4Ir/c1-16-13-14-22-20(15-16)18-11-9-17(10-12-18)19-7-5-6-8-21(19)23(2,3)4;3*1-22(2,3)19-12-13-20(21-15-19)18-11-7-10-17(14-18)16-8-5-4-6-9-16;3*1-2-6-10(7-3-1)11-8-4-5-9-12-11;1-4(6)3-5(2)7;;;;/h5-11,13-15H,1-4H3;3*4-10,12-15H,1-3H3;3*1-6,8-9H;3,6H,1-2H3;;;;/q7*-1;;;;;. The molecule has 17 heteroatoms. The molecule has 7 aromatic heterocycles. The summed E-state index contributed by atoms with van der Waals surface area (Å²) in [4.78, 5) is 41.1. The molecule has 696 valence electrons. The summed E-state index contributed by atoms with van der Waals surface area (Å²) < 4.78 is 0. The number of aryl methyl sites for hydroxylation is 1. The predicted molar refractivity (Wildman–Crippen MR) is 565 cm³/mol. The fourth-order valence-electron chi connectivity index (χ4n) is 13.6. The maximum atomic E-state index is 10.0. The van der Waals surface area contributed by atoms with Gasteiger partial charge in [-0.25, -0.2) is 0 Å². The zero-order valence-corrected chi connectivity index (χ0v) is 93.2. The molecular formula is C119H114Ir4N7O2Si4-7. The van der Waals surface area contributed by atoms with E-state index in [0.29, 0.717) is 0 Å². The van der Waals surface area contributed by atoms with Gasteiger partial charge in [-0.05, 0) is 117 Å². The molecule has 18 aromatic rings. The van der Waals surface area contributed by atoms with E-state index in [2.05, 4.69) is 357 Å². The van der Waals surface area contributed by atoms with Crippen LogP contribution in [0.1, 0.15) is 19.4 Å². The van der Waals surface area contributed by atoms with Gasteiger partial charge in [0.15, 0.2) is 5.78 Å². The van der Waals surface area contributed by atoms with Gasteiger partial charge in [0.2, 0.25) is 0 Å². The van der Waals surface area contributed by atoms with E-state index in [-0.39, 0.29) is 92.0 Å². The number of carbonyl (C=O) groups is 1. The summed E-state index contributed by atoms with van der Waals surface area (Å²) >= 11 is 0. The second-order valence-electron chi connectivity index (χ2n) is 35.5. The third kappa shape index (κ3) is 36.0. The number of hydrogen-bond acceptors (Lipinski definition) is 9. The SMILES string of the molecule is CC(=O)C=C(C)O.C[Si](C)(C)c1ccc(-c2[c-]ccc(-c3ccccc3)c2)nc1.C[Si](C)(C)c1ccc(-c2[c-]ccc(-c3ccccc3)c2)nc1.C[Si](C)(C)c1ccc(-c2[c-]ccc(-c3ccccc3)c2)nc1.Cc1ccnc(-c2[c-]cc(-c3ccccc3[Si](C)(C)C)cc2)c1.[Ir].[Ir].[Ir].[Ir].[c-]1ccccc1-c1ccccn1.[c-]1ccccc1-c1ccccn1.[c-]1ccccc1-c1ccccn1. The van der Waals surface area contributed by atoms with Crippen LogP contribution in [0.25, 0.3) is 123 Å². The van der Waals surface area contributed by atoms with E-state index < -0.39 is 32.3 Å². The molecule has 0 aliphatic rings. The monoisotopic (exact) mass is 2560 g/mol. The Morgan fingerprint density at radius 1 is 0.265 bits per heavy atom. The van der Waals surface area contributed by atoms with Crippen LogP contribution in [0.2, 0.25) is 78.6 Å². The Morgan fingerprint density at radius 3 is 0.853 bits per heavy atom. The fraction of sp³-hybridized carbons (Fsp3) is 0.126. The maximum absolute atomic E-state index is 10.0. The summed E-state index contributed by atoms with van der Waals surface area (Å²) in [6.45, 7) is 33.2.